The molecule has 1 atom stereocenters. The third kappa shape index (κ3) is 3.16. The number of ether oxygens (including phenoxy) is 1. The summed E-state index contributed by atoms with van der Waals surface area (Å²) in [6.45, 7) is 2.91. The van der Waals surface area contributed by atoms with Crippen molar-refractivity contribution in [2.45, 2.75) is 13.0 Å². The van der Waals surface area contributed by atoms with Crippen molar-refractivity contribution in [3.63, 3.8) is 0 Å². The molecule has 0 saturated heterocycles. The number of nitrogens with two attached hydrogens (primary N) is 1. The molecule has 0 aliphatic rings. The zero-order valence-electron chi connectivity index (χ0n) is 9.97. The molecule has 0 fully saturated rings. The zero-order chi connectivity index (χ0) is 13.0. The molecule has 2 aromatic rings. The van der Waals surface area contributed by atoms with Gasteiger partial charge in [-0.1, -0.05) is 21.1 Å². The summed E-state index contributed by atoms with van der Waals surface area (Å²) < 4.78 is 11.4. The maximum atomic E-state index is 5.88. The van der Waals surface area contributed by atoms with Crippen LogP contribution in [0.15, 0.2) is 33.3 Å². The minimum atomic E-state index is -0.363. The van der Waals surface area contributed by atoms with Crippen molar-refractivity contribution in [1.29, 1.82) is 0 Å². The van der Waals surface area contributed by atoms with Crippen LogP contribution in [-0.2, 0) is 4.74 Å². The smallest absolute Gasteiger partial charge is 0.257 e. The Balaban J connectivity index is 2.12. The predicted octanol–water partition coefficient (Wildman–Crippen LogP) is 2.54. The third-order valence-electron chi connectivity index (χ3n) is 2.37. The molecule has 0 aliphatic carbocycles. The molecule has 0 aliphatic heterocycles. The fraction of sp³-hybridized carbons (Fsp3) is 0.333. The molecule has 0 radical (unpaired) electrons. The van der Waals surface area contributed by atoms with Gasteiger partial charge in [-0.25, -0.2) is 0 Å². The van der Waals surface area contributed by atoms with E-state index in [1.54, 1.807) is 0 Å². The molecule has 0 saturated carbocycles. The average Bonchev–Trinajstić information content (AvgIpc) is 2.86. The largest absolute Gasteiger partial charge is 0.380 e. The summed E-state index contributed by atoms with van der Waals surface area (Å²) in [5.41, 5.74) is 6.74. The van der Waals surface area contributed by atoms with E-state index < -0.39 is 0 Å². The molecule has 2 N–H and O–H groups in total. The highest BCUT2D eigenvalue weighted by molar-refractivity contribution is 9.10. The maximum Gasteiger partial charge on any atom is 0.257 e. The zero-order valence-corrected chi connectivity index (χ0v) is 11.6. The minimum Gasteiger partial charge on any atom is -0.380 e. The second kappa shape index (κ2) is 6.08. The van der Waals surface area contributed by atoms with Crippen LogP contribution in [0.25, 0.3) is 11.5 Å². The van der Waals surface area contributed by atoms with Gasteiger partial charge in [0.25, 0.3) is 5.89 Å². The molecule has 1 aromatic carbocycles. The number of hydrogen-bond donors (Lipinski definition) is 1. The first-order chi connectivity index (χ1) is 8.70. The molecular weight excluding hydrogens is 298 g/mol. The Morgan fingerprint density at radius 1 is 1.39 bits per heavy atom. The van der Waals surface area contributed by atoms with E-state index in [1.165, 1.54) is 0 Å². The second-order valence-corrected chi connectivity index (χ2v) is 4.65. The summed E-state index contributed by atoms with van der Waals surface area (Å²) in [5.74, 6) is 0.922. The van der Waals surface area contributed by atoms with Gasteiger partial charge in [0, 0.05) is 16.6 Å². The first kappa shape index (κ1) is 13.2. The fourth-order valence-electron chi connectivity index (χ4n) is 1.41. The van der Waals surface area contributed by atoms with Gasteiger partial charge < -0.3 is 15.0 Å². The van der Waals surface area contributed by atoms with Crippen LogP contribution in [0.4, 0.5) is 0 Å². The van der Waals surface area contributed by atoms with E-state index in [4.69, 9.17) is 15.0 Å². The van der Waals surface area contributed by atoms with Crippen LogP contribution in [0.5, 0.6) is 0 Å². The van der Waals surface area contributed by atoms with E-state index in [0.29, 0.717) is 24.9 Å². The topological polar surface area (TPSA) is 74.2 Å². The van der Waals surface area contributed by atoms with Crippen molar-refractivity contribution >= 4 is 15.9 Å². The highest BCUT2D eigenvalue weighted by Crippen LogP contribution is 2.21. The van der Waals surface area contributed by atoms with Gasteiger partial charge in [0.1, 0.15) is 0 Å². The van der Waals surface area contributed by atoms with Gasteiger partial charge in [0.2, 0.25) is 0 Å². The summed E-state index contributed by atoms with van der Waals surface area (Å²) in [4.78, 5) is 4.26. The van der Waals surface area contributed by atoms with Crippen LogP contribution in [0, 0.1) is 0 Å². The van der Waals surface area contributed by atoms with Crippen LogP contribution in [0.2, 0.25) is 0 Å². The highest BCUT2D eigenvalue weighted by atomic mass is 79.9. The molecule has 1 aromatic heterocycles. The van der Waals surface area contributed by atoms with Gasteiger partial charge in [-0.05, 0) is 31.2 Å². The van der Waals surface area contributed by atoms with Crippen LogP contribution in [0.3, 0.4) is 0 Å². The van der Waals surface area contributed by atoms with Gasteiger partial charge >= 0.3 is 0 Å². The molecule has 5 nitrogen and oxygen atoms in total. The number of nitrogens with zero attached hydrogens (tertiary/aromatic N) is 2. The lowest BCUT2D eigenvalue weighted by atomic mass is 10.2. The van der Waals surface area contributed by atoms with E-state index >= 15 is 0 Å². The van der Waals surface area contributed by atoms with Crippen LogP contribution in [0.1, 0.15) is 18.8 Å². The second-order valence-electron chi connectivity index (χ2n) is 3.73. The fourth-order valence-corrected chi connectivity index (χ4v) is 1.68. The minimum absolute atomic E-state index is 0.363. The van der Waals surface area contributed by atoms with Crippen molar-refractivity contribution in [3.8, 4) is 11.5 Å². The molecule has 2 rings (SSSR count). The highest BCUT2D eigenvalue weighted by Gasteiger charge is 2.15. The normalized spacial score (nSPS) is 12.6. The molecule has 1 heterocycles. The molecule has 6 heteroatoms. The van der Waals surface area contributed by atoms with Gasteiger partial charge in [0.15, 0.2) is 5.82 Å². The van der Waals surface area contributed by atoms with Crippen LogP contribution in [-0.4, -0.2) is 23.4 Å². The standard InChI is InChI=1S/C12H14BrN3O2/c1-2-17-7-10(14)11-15-12(18-16-11)8-3-5-9(13)6-4-8/h3-6,10H,2,7,14H2,1H3. The van der Waals surface area contributed by atoms with Gasteiger partial charge in [-0.15, -0.1) is 0 Å². The van der Waals surface area contributed by atoms with Crippen molar-refractivity contribution in [1.82, 2.24) is 10.1 Å². The lowest BCUT2D eigenvalue weighted by Gasteiger charge is -2.05. The molecule has 0 amide bonds. The van der Waals surface area contributed by atoms with E-state index in [9.17, 15) is 0 Å². The Labute approximate surface area is 113 Å². The molecular formula is C12H14BrN3O2. The average molecular weight is 312 g/mol. The monoisotopic (exact) mass is 311 g/mol. The Morgan fingerprint density at radius 3 is 2.78 bits per heavy atom. The van der Waals surface area contributed by atoms with E-state index in [2.05, 4.69) is 26.1 Å². The molecule has 1 unspecified atom stereocenters. The number of hydrogen-bond acceptors (Lipinski definition) is 5. The van der Waals surface area contributed by atoms with E-state index in [0.717, 1.165) is 10.0 Å². The Hall–Kier alpha value is -1.24. The quantitative estimate of drug-likeness (QED) is 0.918. The van der Waals surface area contributed by atoms with Crippen LogP contribution < -0.4 is 5.73 Å². The van der Waals surface area contributed by atoms with E-state index in [-0.39, 0.29) is 6.04 Å². The SMILES string of the molecule is CCOCC(N)c1noc(-c2ccc(Br)cc2)n1. The lowest BCUT2D eigenvalue weighted by molar-refractivity contribution is 0.130. The first-order valence-corrected chi connectivity index (χ1v) is 6.43. The third-order valence-corrected chi connectivity index (χ3v) is 2.89. The van der Waals surface area contributed by atoms with Gasteiger partial charge in [-0.2, -0.15) is 4.98 Å². The van der Waals surface area contributed by atoms with Crippen molar-refractivity contribution in [2.24, 2.45) is 5.73 Å². The summed E-state index contributed by atoms with van der Waals surface area (Å²) in [6, 6.07) is 7.27. The molecule has 0 bridgehead atoms. The molecule has 96 valence electrons. The van der Waals surface area contributed by atoms with Crippen molar-refractivity contribution in [2.75, 3.05) is 13.2 Å². The predicted molar refractivity (Wildman–Crippen MR) is 70.9 cm³/mol. The Bertz CT molecular complexity index is 498. The molecule has 0 spiro atoms. The Morgan fingerprint density at radius 2 is 2.11 bits per heavy atom. The van der Waals surface area contributed by atoms with Gasteiger partial charge in [0.05, 0.1) is 12.6 Å². The summed E-state index contributed by atoms with van der Waals surface area (Å²) >= 11 is 3.37. The maximum absolute atomic E-state index is 5.88. The van der Waals surface area contributed by atoms with Crippen molar-refractivity contribution < 1.29 is 9.26 Å². The Kier molecular flexibility index (Phi) is 4.46. The number of benzene rings is 1. The lowest BCUT2D eigenvalue weighted by Crippen LogP contribution is -2.18. The van der Waals surface area contributed by atoms with Crippen LogP contribution >= 0.6 is 15.9 Å². The summed E-state index contributed by atoms with van der Waals surface area (Å²) in [6.07, 6.45) is 0. The van der Waals surface area contributed by atoms with Crippen molar-refractivity contribution in [3.05, 3.63) is 34.6 Å². The van der Waals surface area contributed by atoms with Gasteiger partial charge in [-0.3, -0.25) is 0 Å². The van der Waals surface area contributed by atoms with E-state index in [1.807, 2.05) is 31.2 Å². The number of aromatic nitrogens is 2. The summed E-state index contributed by atoms with van der Waals surface area (Å²) in [5, 5.41) is 3.86. The molecule has 18 heavy (non-hydrogen) atoms. The first-order valence-electron chi connectivity index (χ1n) is 5.63. The number of halogens is 1. The number of rotatable bonds is 5. The summed E-state index contributed by atoms with van der Waals surface area (Å²) in [7, 11) is 0.